The Labute approximate surface area is 157 Å². The largest absolute Gasteiger partial charge is 0.493 e. The average Bonchev–Trinajstić information content (AvgIpc) is 2.88. The molecule has 2 aromatic rings. The number of carbonyl (C=O) groups excluding carboxylic acids is 2. The summed E-state index contributed by atoms with van der Waals surface area (Å²) in [6, 6.07) is 12.4. The molecular weight excluding hydrogens is 406 g/mol. The van der Waals surface area contributed by atoms with Gasteiger partial charge in [-0.3, -0.25) is 9.59 Å². The molecule has 0 unspecified atom stereocenters. The number of hydrogen-bond acceptors (Lipinski definition) is 5. The normalized spacial score (nSPS) is 15.8. The van der Waals surface area contributed by atoms with Crippen molar-refractivity contribution in [2.45, 2.75) is 0 Å². The zero-order valence-corrected chi connectivity index (χ0v) is 15.9. The minimum Gasteiger partial charge on any atom is -0.493 e. The first-order valence-corrected chi connectivity index (χ1v) is 8.90. The van der Waals surface area contributed by atoms with Crippen LogP contribution in [0.4, 0.5) is 10.5 Å². The SMILES string of the molecule is COc1cc(Br)cc(/C=C2\SC(=O)N(c3ccccc3)C2=O)c1OC. The van der Waals surface area contributed by atoms with E-state index in [0.717, 1.165) is 21.1 Å². The lowest BCUT2D eigenvalue weighted by Crippen LogP contribution is -2.27. The molecule has 2 amide bonds. The van der Waals surface area contributed by atoms with E-state index in [1.807, 2.05) is 6.07 Å². The van der Waals surface area contributed by atoms with Crippen molar-refractivity contribution in [3.05, 3.63) is 57.4 Å². The molecule has 128 valence electrons. The third-order valence-electron chi connectivity index (χ3n) is 3.57. The first-order chi connectivity index (χ1) is 12.0. The number of amides is 2. The van der Waals surface area contributed by atoms with Crippen LogP contribution in [0.25, 0.3) is 6.08 Å². The lowest BCUT2D eigenvalue weighted by atomic mass is 10.1. The standard InChI is InChI=1S/C18H14BrNO4S/c1-23-14-10-12(19)8-11(16(14)24-2)9-15-17(21)20(18(22)25-15)13-6-4-3-5-7-13/h3-10H,1-2H3/b15-9-. The number of ether oxygens (including phenoxy) is 2. The van der Waals surface area contributed by atoms with E-state index in [1.54, 1.807) is 42.5 Å². The fraction of sp³-hybridized carbons (Fsp3) is 0.111. The van der Waals surface area contributed by atoms with Crippen molar-refractivity contribution in [3.8, 4) is 11.5 Å². The van der Waals surface area contributed by atoms with Crippen LogP contribution in [0.5, 0.6) is 11.5 Å². The first kappa shape index (κ1) is 17.6. The number of thioether (sulfide) groups is 1. The predicted molar refractivity (Wildman–Crippen MR) is 102 cm³/mol. The highest BCUT2D eigenvalue weighted by atomic mass is 79.9. The molecule has 2 aromatic carbocycles. The highest BCUT2D eigenvalue weighted by Gasteiger charge is 2.36. The van der Waals surface area contributed by atoms with Gasteiger partial charge in [0.2, 0.25) is 0 Å². The number of para-hydroxylation sites is 1. The van der Waals surface area contributed by atoms with Gasteiger partial charge >= 0.3 is 0 Å². The molecule has 0 aliphatic carbocycles. The number of hydrogen-bond donors (Lipinski definition) is 0. The maximum atomic E-state index is 12.7. The maximum absolute atomic E-state index is 12.7. The van der Waals surface area contributed by atoms with Gasteiger partial charge in [-0.25, -0.2) is 4.90 Å². The topological polar surface area (TPSA) is 55.8 Å². The molecule has 0 radical (unpaired) electrons. The molecule has 1 heterocycles. The second kappa shape index (κ2) is 7.33. The van der Waals surface area contributed by atoms with Crippen LogP contribution in [0.2, 0.25) is 0 Å². The molecule has 1 saturated heterocycles. The van der Waals surface area contributed by atoms with Gasteiger partial charge in [-0.1, -0.05) is 34.1 Å². The number of nitrogens with zero attached hydrogens (tertiary/aromatic N) is 1. The maximum Gasteiger partial charge on any atom is 0.298 e. The molecule has 7 heteroatoms. The minimum absolute atomic E-state index is 0.326. The van der Waals surface area contributed by atoms with Crippen molar-refractivity contribution in [2.24, 2.45) is 0 Å². The van der Waals surface area contributed by atoms with Gasteiger partial charge in [0.05, 0.1) is 24.8 Å². The Balaban J connectivity index is 2.02. The molecule has 5 nitrogen and oxygen atoms in total. The summed E-state index contributed by atoms with van der Waals surface area (Å²) in [6.07, 6.45) is 1.64. The van der Waals surface area contributed by atoms with Crippen LogP contribution in [0.3, 0.4) is 0 Å². The number of methoxy groups -OCH3 is 2. The smallest absolute Gasteiger partial charge is 0.298 e. The van der Waals surface area contributed by atoms with Crippen LogP contribution in [-0.2, 0) is 4.79 Å². The molecule has 25 heavy (non-hydrogen) atoms. The number of anilines is 1. The fourth-order valence-corrected chi connectivity index (χ4v) is 3.76. The summed E-state index contributed by atoms with van der Waals surface area (Å²) >= 11 is 4.31. The number of benzene rings is 2. The molecule has 3 rings (SSSR count). The van der Waals surface area contributed by atoms with Gasteiger partial charge in [0.1, 0.15) is 0 Å². The summed E-state index contributed by atoms with van der Waals surface area (Å²) in [5, 5.41) is -0.330. The molecule has 1 aliphatic rings. The Bertz CT molecular complexity index is 867. The molecule has 0 aromatic heterocycles. The lowest BCUT2D eigenvalue weighted by molar-refractivity contribution is -0.113. The van der Waals surface area contributed by atoms with Crippen molar-refractivity contribution in [3.63, 3.8) is 0 Å². The molecule has 0 N–H and O–H groups in total. The van der Waals surface area contributed by atoms with Gasteiger partial charge in [0, 0.05) is 10.0 Å². The van der Waals surface area contributed by atoms with E-state index in [4.69, 9.17) is 9.47 Å². The van der Waals surface area contributed by atoms with Crippen molar-refractivity contribution in [2.75, 3.05) is 19.1 Å². The molecule has 0 bridgehead atoms. The summed E-state index contributed by atoms with van der Waals surface area (Å²) < 4.78 is 11.5. The predicted octanol–water partition coefficient (Wildman–Crippen LogP) is 4.71. The number of rotatable bonds is 4. The van der Waals surface area contributed by atoms with Crippen LogP contribution in [0, 0.1) is 0 Å². The van der Waals surface area contributed by atoms with Crippen LogP contribution >= 0.6 is 27.7 Å². The highest BCUT2D eigenvalue weighted by Crippen LogP contribution is 2.40. The Hall–Kier alpha value is -2.25. The van der Waals surface area contributed by atoms with Gasteiger partial charge in [-0.05, 0) is 42.1 Å². The fourth-order valence-electron chi connectivity index (χ4n) is 2.47. The number of imide groups is 1. The monoisotopic (exact) mass is 419 g/mol. The summed E-state index contributed by atoms with van der Waals surface area (Å²) in [5.74, 6) is 0.671. The second-order valence-electron chi connectivity index (χ2n) is 5.08. The Morgan fingerprint density at radius 1 is 1.08 bits per heavy atom. The van der Waals surface area contributed by atoms with Crippen LogP contribution in [-0.4, -0.2) is 25.4 Å². The average molecular weight is 420 g/mol. The zero-order chi connectivity index (χ0) is 18.0. The molecule has 0 spiro atoms. The van der Waals surface area contributed by atoms with E-state index in [1.165, 1.54) is 14.2 Å². The molecule has 1 aliphatic heterocycles. The molecule has 1 fully saturated rings. The van der Waals surface area contributed by atoms with E-state index in [9.17, 15) is 9.59 Å². The summed E-state index contributed by atoms with van der Waals surface area (Å²) in [5.41, 5.74) is 1.19. The Morgan fingerprint density at radius 3 is 2.44 bits per heavy atom. The van der Waals surface area contributed by atoms with E-state index in [2.05, 4.69) is 15.9 Å². The Kier molecular flexibility index (Phi) is 5.15. The van der Waals surface area contributed by atoms with Crippen molar-refractivity contribution < 1.29 is 19.1 Å². The zero-order valence-electron chi connectivity index (χ0n) is 13.5. The summed E-state index contributed by atoms with van der Waals surface area (Å²) in [4.78, 5) is 26.5. The van der Waals surface area contributed by atoms with Crippen LogP contribution in [0.1, 0.15) is 5.56 Å². The van der Waals surface area contributed by atoms with Crippen LogP contribution < -0.4 is 14.4 Å². The number of carbonyl (C=O) groups is 2. The highest BCUT2D eigenvalue weighted by molar-refractivity contribution is 9.10. The van der Waals surface area contributed by atoms with Gasteiger partial charge < -0.3 is 9.47 Å². The first-order valence-electron chi connectivity index (χ1n) is 7.29. The lowest BCUT2D eigenvalue weighted by Gasteiger charge is -2.12. The summed E-state index contributed by atoms with van der Waals surface area (Å²) in [6.45, 7) is 0. The molecule has 0 atom stereocenters. The van der Waals surface area contributed by atoms with Gasteiger partial charge in [0.15, 0.2) is 11.5 Å². The van der Waals surface area contributed by atoms with E-state index in [-0.39, 0.29) is 11.1 Å². The second-order valence-corrected chi connectivity index (χ2v) is 6.99. The van der Waals surface area contributed by atoms with Crippen LogP contribution in [0.15, 0.2) is 51.8 Å². The van der Waals surface area contributed by atoms with Gasteiger partial charge in [-0.2, -0.15) is 0 Å². The third kappa shape index (κ3) is 3.43. The minimum atomic E-state index is -0.359. The van der Waals surface area contributed by atoms with Crippen molar-refractivity contribution in [1.29, 1.82) is 0 Å². The summed E-state index contributed by atoms with van der Waals surface area (Å²) in [7, 11) is 3.07. The quantitative estimate of drug-likeness (QED) is 0.671. The van der Waals surface area contributed by atoms with Gasteiger partial charge in [-0.15, -0.1) is 0 Å². The van der Waals surface area contributed by atoms with Crippen molar-refractivity contribution in [1.82, 2.24) is 0 Å². The molecule has 0 saturated carbocycles. The molecular formula is C18H14BrNO4S. The number of halogens is 1. The van der Waals surface area contributed by atoms with Crippen molar-refractivity contribution >= 4 is 50.6 Å². The third-order valence-corrected chi connectivity index (χ3v) is 4.89. The van der Waals surface area contributed by atoms with Gasteiger partial charge in [0.25, 0.3) is 11.1 Å². The van der Waals surface area contributed by atoms with E-state index in [0.29, 0.717) is 27.7 Å². The van der Waals surface area contributed by atoms with E-state index < -0.39 is 0 Å². The Morgan fingerprint density at radius 2 is 1.80 bits per heavy atom. The van der Waals surface area contributed by atoms with E-state index >= 15 is 0 Å².